The summed E-state index contributed by atoms with van der Waals surface area (Å²) in [6.07, 6.45) is -0.662. The first-order chi connectivity index (χ1) is 7.70. The largest absolute Gasteiger partial charge is 0.396 e. The third-order valence-electron chi connectivity index (χ3n) is 2.31. The molecule has 0 aromatic heterocycles. The number of aliphatic hydroxyl groups is 1. The summed E-state index contributed by atoms with van der Waals surface area (Å²) < 4.78 is 0. The highest BCUT2D eigenvalue weighted by Gasteiger charge is 2.15. The quantitative estimate of drug-likeness (QED) is 0.589. The molecular formula is C12H18Cl2N2O. The molecule has 0 radical (unpaired) electrons. The maximum Gasteiger partial charge on any atom is 0.0915 e. The van der Waals surface area contributed by atoms with Crippen molar-refractivity contribution in [2.45, 2.75) is 32.4 Å². The fourth-order valence-corrected chi connectivity index (χ4v) is 1.82. The van der Waals surface area contributed by atoms with Crippen LogP contribution in [0.5, 0.6) is 0 Å². The van der Waals surface area contributed by atoms with Gasteiger partial charge in [-0.15, -0.1) is 0 Å². The SMILES string of the molecule is [13CH3][13C]([13CH3])([13CH3])NCC(O)c1cc(Cl)c(N)c(Cl)c1. The van der Waals surface area contributed by atoms with E-state index in [9.17, 15) is 5.11 Å². The van der Waals surface area contributed by atoms with Crippen molar-refractivity contribution in [1.82, 2.24) is 5.32 Å². The van der Waals surface area contributed by atoms with Gasteiger partial charge in [-0.2, -0.15) is 0 Å². The van der Waals surface area contributed by atoms with Gasteiger partial charge in [0.1, 0.15) is 0 Å². The van der Waals surface area contributed by atoms with E-state index in [0.29, 0.717) is 27.8 Å². The maximum atomic E-state index is 10.0. The van der Waals surface area contributed by atoms with E-state index in [2.05, 4.69) is 5.32 Å². The Labute approximate surface area is 112 Å². The van der Waals surface area contributed by atoms with Crippen molar-refractivity contribution < 1.29 is 5.11 Å². The summed E-state index contributed by atoms with van der Waals surface area (Å²) in [4.78, 5) is 0. The van der Waals surface area contributed by atoms with Gasteiger partial charge in [-0.1, -0.05) is 23.2 Å². The van der Waals surface area contributed by atoms with E-state index in [0.717, 1.165) is 0 Å². The van der Waals surface area contributed by atoms with Crippen LogP contribution in [0.2, 0.25) is 10.0 Å². The predicted octanol–water partition coefficient (Wildman–Crippen LogP) is 3.00. The average Bonchev–Trinajstić information content (AvgIpc) is 2.20. The van der Waals surface area contributed by atoms with Gasteiger partial charge in [0.05, 0.1) is 21.8 Å². The molecule has 0 aliphatic heterocycles. The molecule has 0 aliphatic rings. The molecular weight excluding hydrogens is 263 g/mol. The number of aliphatic hydroxyl groups excluding tert-OH is 1. The highest BCUT2D eigenvalue weighted by Crippen LogP contribution is 2.31. The number of hydrogen-bond donors (Lipinski definition) is 3. The van der Waals surface area contributed by atoms with Gasteiger partial charge < -0.3 is 16.2 Å². The Kier molecular flexibility index (Phi) is 4.67. The zero-order valence-electron chi connectivity index (χ0n) is 10.2. The Morgan fingerprint density at radius 2 is 1.76 bits per heavy atom. The van der Waals surface area contributed by atoms with Crippen molar-refractivity contribution in [1.29, 1.82) is 0 Å². The molecule has 1 aromatic rings. The van der Waals surface area contributed by atoms with Crippen LogP contribution in [0, 0.1) is 0 Å². The van der Waals surface area contributed by atoms with Gasteiger partial charge in [-0.25, -0.2) is 0 Å². The van der Waals surface area contributed by atoms with Crippen LogP contribution in [0.1, 0.15) is 32.4 Å². The minimum Gasteiger partial charge on any atom is -0.396 e. The van der Waals surface area contributed by atoms with Crippen LogP contribution in [0.4, 0.5) is 5.69 Å². The molecule has 1 aromatic carbocycles. The molecule has 96 valence electrons. The van der Waals surface area contributed by atoms with E-state index in [1.807, 2.05) is 20.8 Å². The first-order valence-electron chi connectivity index (χ1n) is 5.38. The van der Waals surface area contributed by atoms with Crippen LogP contribution in [-0.2, 0) is 0 Å². The standard InChI is InChI=1S/C12H18Cl2N2O/c1-12(2,3)16-6-10(17)7-4-8(13)11(15)9(14)5-7/h4-5,10,16-17H,6,15H2,1-3H3/i1+1,2+1,3+1,12+1. The Balaban J connectivity index is 2.79. The molecule has 0 heterocycles. The van der Waals surface area contributed by atoms with Gasteiger partial charge in [-0.05, 0) is 38.5 Å². The summed E-state index contributed by atoms with van der Waals surface area (Å²) in [5, 5.41) is 13.9. The van der Waals surface area contributed by atoms with E-state index in [1.54, 1.807) is 12.1 Å². The van der Waals surface area contributed by atoms with Crippen LogP contribution in [0.3, 0.4) is 0 Å². The van der Waals surface area contributed by atoms with Crippen molar-refractivity contribution in [2.75, 3.05) is 12.3 Å². The zero-order chi connectivity index (χ0) is 13.2. The molecule has 3 nitrogen and oxygen atoms in total. The molecule has 4 N–H and O–H groups in total. The molecule has 1 unspecified atom stereocenters. The molecule has 17 heavy (non-hydrogen) atoms. The number of nitrogens with one attached hydrogen (secondary N) is 1. The van der Waals surface area contributed by atoms with Crippen LogP contribution in [0.25, 0.3) is 0 Å². The molecule has 0 aliphatic carbocycles. The first-order valence-corrected chi connectivity index (χ1v) is 6.14. The molecule has 0 bridgehead atoms. The van der Waals surface area contributed by atoms with Crippen LogP contribution in [0.15, 0.2) is 12.1 Å². The molecule has 5 heteroatoms. The van der Waals surface area contributed by atoms with Crippen molar-refractivity contribution in [3.8, 4) is 0 Å². The molecule has 1 rings (SSSR count). The van der Waals surface area contributed by atoms with Gasteiger partial charge in [0.25, 0.3) is 0 Å². The second-order valence-electron chi connectivity index (χ2n) is 5.04. The Hall–Kier alpha value is -0.480. The summed E-state index contributed by atoms with van der Waals surface area (Å²) in [6, 6.07) is 3.27. The van der Waals surface area contributed by atoms with Crippen molar-refractivity contribution in [2.24, 2.45) is 0 Å². The smallest absolute Gasteiger partial charge is 0.0915 e. The van der Waals surface area contributed by atoms with Crippen LogP contribution in [-0.4, -0.2) is 17.2 Å². The monoisotopic (exact) mass is 280 g/mol. The highest BCUT2D eigenvalue weighted by atomic mass is 35.5. The molecule has 0 saturated carbocycles. The zero-order valence-corrected chi connectivity index (χ0v) is 11.7. The number of benzene rings is 1. The van der Waals surface area contributed by atoms with Gasteiger partial charge >= 0.3 is 0 Å². The van der Waals surface area contributed by atoms with Crippen molar-refractivity contribution in [3.63, 3.8) is 0 Å². The topological polar surface area (TPSA) is 58.3 Å². The lowest BCUT2D eigenvalue weighted by Crippen LogP contribution is -2.38. The second-order valence-corrected chi connectivity index (χ2v) is 5.86. The molecule has 1 atom stereocenters. The second kappa shape index (κ2) is 5.44. The third-order valence-corrected chi connectivity index (χ3v) is 2.94. The summed E-state index contributed by atoms with van der Waals surface area (Å²) in [5.74, 6) is 0. The number of nitrogens with two attached hydrogens (primary N) is 1. The fraction of sp³-hybridized carbons (Fsp3) is 0.500. The van der Waals surface area contributed by atoms with Crippen LogP contribution >= 0.6 is 23.2 Å². The molecule has 0 spiro atoms. The third kappa shape index (κ3) is 4.36. The summed E-state index contributed by atoms with van der Waals surface area (Å²) in [5.41, 5.74) is 6.58. The minimum absolute atomic E-state index is 0.0532. The fourth-order valence-electron chi connectivity index (χ4n) is 1.32. The Bertz CT molecular complexity index is 379. The Morgan fingerprint density at radius 1 is 1.29 bits per heavy atom. The lowest BCUT2D eigenvalue weighted by molar-refractivity contribution is 0.163. The van der Waals surface area contributed by atoms with E-state index < -0.39 is 6.10 Å². The summed E-state index contributed by atoms with van der Waals surface area (Å²) in [7, 11) is 0. The molecule has 0 amide bonds. The minimum atomic E-state index is -0.662. The van der Waals surface area contributed by atoms with Crippen LogP contribution < -0.4 is 11.1 Å². The maximum absolute atomic E-state index is 10.0. The molecule has 0 saturated heterocycles. The molecule has 0 fully saturated rings. The number of nitrogen functional groups attached to an aromatic ring is 1. The van der Waals surface area contributed by atoms with Gasteiger partial charge in [0.15, 0.2) is 0 Å². The number of hydrogen-bond acceptors (Lipinski definition) is 3. The number of β-amino-alcohol motifs (C(OH)–C–C–N with tert-alkyl or cyclic N) is 1. The normalized spacial score (nSPS) is 13.8. The van der Waals surface area contributed by atoms with E-state index in [4.69, 9.17) is 28.9 Å². The highest BCUT2D eigenvalue weighted by molar-refractivity contribution is 6.38. The van der Waals surface area contributed by atoms with Gasteiger partial charge in [0, 0.05) is 12.1 Å². The first kappa shape index (κ1) is 14.6. The average molecular weight is 281 g/mol. The van der Waals surface area contributed by atoms with E-state index >= 15 is 0 Å². The number of halogens is 2. The van der Waals surface area contributed by atoms with Gasteiger partial charge in [0.2, 0.25) is 0 Å². The predicted molar refractivity (Wildman–Crippen MR) is 73.6 cm³/mol. The van der Waals surface area contributed by atoms with Gasteiger partial charge in [-0.3, -0.25) is 0 Å². The van der Waals surface area contributed by atoms with E-state index in [1.165, 1.54) is 0 Å². The van der Waals surface area contributed by atoms with Crippen molar-refractivity contribution in [3.05, 3.63) is 27.7 Å². The lowest BCUT2D eigenvalue weighted by atomic mass is 10.1. The summed E-state index contributed by atoms with van der Waals surface area (Å²) in [6.45, 7) is 6.52. The van der Waals surface area contributed by atoms with Crippen molar-refractivity contribution >= 4 is 28.9 Å². The number of rotatable bonds is 3. The summed E-state index contributed by atoms with van der Waals surface area (Å²) >= 11 is 11.8. The Morgan fingerprint density at radius 3 is 2.18 bits per heavy atom. The lowest BCUT2D eigenvalue weighted by Gasteiger charge is -2.23. The number of anilines is 1. The van der Waals surface area contributed by atoms with E-state index in [-0.39, 0.29) is 5.54 Å².